The average molecular weight is 249 g/mol. The molecule has 0 aliphatic heterocycles. The van der Waals surface area contributed by atoms with Crippen LogP contribution in [0, 0.1) is 0 Å². The second kappa shape index (κ2) is 4.49. The van der Waals surface area contributed by atoms with Gasteiger partial charge in [-0.2, -0.15) is 0 Å². The summed E-state index contributed by atoms with van der Waals surface area (Å²) in [7, 11) is 0. The van der Waals surface area contributed by atoms with Crippen molar-refractivity contribution in [2.75, 3.05) is 0 Å². The summed E-state index contributed by atoms with van der Waals surface area (Å²) in [5, 5.41) is 0.964. The summed E-state index contributed by atoms with van der Waals surface area (Å²) < 4.78 is 0. The highest BCUT2D eigenvalue weighted by Gasteiger charge is 2.13. The highest BCUT2D eigenvalue weighted by Crippen LogP contribution is 2.25. The van der Waals surface area contributed by atoms with E-state index in [1.807, 2.05) is 42.5 Å². The van der Waals surface area contributed by atoms with Crippen LogP contribution in [0.25, 0.3) is 22.0 Å². The Morgan fingerprint density at radius 2 is 1.95 bits per heavy atom. The summed E-state index contributed by atoms with van der Waals surface area (Å²) >= 11 is 0. The first kappa shape index (κ1) is 11.3. The normalized spacial score (nSPS) is 10.5. The average Bonchev–Trinajstić information content (AvgIpc) is 2.46. The molecule has 0 spiro atoms. The van der Waals surface area contributed by atoms with Crippen LogP contribution in [0.4, 0.5) is 0 Å². The van der Waals surface area contributed by atoms with Gasteiger partial charge in [0.15, 0.2) is 0 Å². The molecule has 19 heavy (non-hydrogen) atoms. The van der Waals surface area contributed by atoms with E-state index < -0.39 is 5.91 Å². The van der Waals surface area contributed by atoms with E-state index in [1.165, 1.54) is 0 Å². The molecule has 0 saturated heterocycles. The minimum absolute atomic E-state index is 0.270. The van der Waals surface area contributed by atoms with Crippen LogP contribution < -0.4 is 5.73 Å². The summed E-state index contributed by atoms with van der Waals surface area (Å²) in [6.07, 6.45) is 3.38. The van der Waals surface area contributed by atoms with Crippen molar-refractivity contribution in [2.45, 2.75) is 0 Å². The van der Waals surface area contributed by atoms with Crippen LogP contribution in [0.5, 0.6) is 0 Å². The third-order valence-electron chi connectivity index (χ3n) is 2.93. The molecule has 1 aromatic carbocycles. The van der Waals surface area contributed by atoms with E-state index in [-0.39, 0.29) is 5.69 Å². The summed E-state index contributed by atoms with van der Waals surface area (Å²) in [4.78, 5) is 20.0. The lowest BCUT2D eigenvalue weighted by Gasteiger charge is -2.08. The summed E-state index contributed by atoms with van der Waals surface area (Å²) in [5.41, 5.74) is 7.98. The lowest BCUT2D eigenvalue weighted by molar-refractivity contribution is 0.0996. The molecule has 1 amide bonds. The molecule has 4 heteroatoms. The van der Waals surface area contributed by atoms with Gasteiger partial charge < -0.3 is 5.73 Å². The molecule has 0 fully saturated rings. The lowest BCUT2D eigenvalue weighted by atomic mass is 10.0. The molecule has 0 unspecified atom stereocenters. The van der Waals surface area contributed by atoms with Crippen molar-refractivity contribution in [3.8, 4) is 11.1 Å². The van der Waals surface area contributed by atoms with E-state index in [0.29, 0.717) is 5.56 Å². The number of amides is 1. The van der Waals surface area contributed by atoms with Crippen LogP contribution in [-0.2, 0) is 0 Å². The van der Waals surface area contributed by atoms with Crippen molar-refractivity contribution in [3.63, 3.8) is 0 Å². The van der Waals surface area contributed by atoms with Gasteiger partial charge >= 0.3 is 0 Å². The topological polar surface area (TPSA) is 68.9 Å². The van der Waals surface area contributed by atoms with Gasteiger partial charge in [0.1, 0.15) is 5.69 Å². The van der Waals surface area contributed by atoms with E-state index >= 15 is 0 Å². The first-order chi connectivity index (χ1) is 9.25. The van der Waals surface area contributed by atoms with Crippen LogP contribution in [0.1, 0.15) is 10.5 Å². The largest absolute Gasteiger partial charge is 0.364 e. The van der Waals surface area contributed by atoms with E-state index in [9.17, 15) is 4.79 Å². The van der Waals surface area contributed by atoms with Gasteiger partial charge in [0, 0.05) is 28.9 Å². The van der Waals surface area contributed by atoms with Gasteiger partial charge in [0.05, 0.1) is 5.52 Å². The Morgan fingerprint density at radius 1 is 1.11 bits per heavy atom. The number of hydrogen-bond acceptors (Lipinski definition) is 3. The van der Waals surface area contributed by atoms with Gasteiger partial charge in [0.2, 0.25) is 0 Å². The second-order valence-corrected chi connectivity index (χ2v) is 4.18. The quantitative estimate of drug-likeness (QED) is 0.758. The van der Waals surface area contributed by atoms with Gasteiger partial charge in [-0.25, -0.2) is 4.98 Å². The number of aromatic nitrogens is 2. The number of primary amides is 1. The number of hydrogen-bond donors (Lipinski definition) is 1. The molecule has 2 N–H and O–H groups in total. The van der Waals surface area contributed by atoms with Crippen molar-refractivity contribution in [1.29, 1.82) is 0 Å². The van der Waals surface area contributed by atoms with Gasteiger partial charge in [-0.3, -0.25) is 9.78 Å². The number of carbonyl (C=O) groups is 1. The number of pyridine rings is 2. The van der Waals surface area contributed by atoms with Crippen molar-refractivity contribution >= 4 is 16.8 Å². The number of rotatable bonds is 2. The molecule has 2 heterocycles. The van der Waals surface area contributed by atoms with Crippen molar-refractivity contribution < 1.29 is 4.79 Å². The fraction of sp³-hybridized carbons (Fsp3) is 0. The molecule has 0 aliphatic carbocycles. The number of fused-ring (bicyclic) bond motifs is 1. The molecule has 3 rings (SSSR count). The molecule has 4 nitrogen and oxygen atoms in total. The highest BCUT2D eigenvalue weighted by atomic mass is 16.1. The first-order valence-electron chi connectivity index (χ1n) is 5.86. The Kier molecular flexibility index (Phi) is 2.68. The number of para-hydroxylation sites is 1. The SMILES string of the molecule is NC(=O)c1nc2ccccc2cc1-c1cccnc1. The van der Waals surface area contributed by atoms with Crippen molar-refractivity contribution in [3.05, 3.63) is 60.6 Å². The Labute approximate surface area is 109 Å². The standard InChI is InChI=1S/C15H11N3O/c16-15(19)14-12(11-5-3-7-17-9-11)8-10-4-1-2-6-13(10)18-14/h1-9H,(H2,16,19). The molecule has 0 aliphatic rings. The Hall–Kier alpha value is -2.75. The second-order valence-electron chi connectivity index (χ2n) is 4.18. The molecule has 92 valence electrons. The van der Waals surface area contributed by atoms with Crippen LogP contribution >= 0.6 is 0 Å². The predicted octanol–water partition coefficient (Wildman–Crippen LogP) is 2.40. The summed E-state index contributed by atoms with van der Waals surface area (Å²) in [6.45, 7) is 0. The molecule has 0 atom stereocenters. The van der Waals surface area contributed by atoms with Crippen LogP contribution in [0.15, 0.2) is 54.9 Å². The predicted molar refractivity (Wildman–Crippen MR) is 73.5 cm³/mol. The Morgan fingerprint density at radius 3 is 2.68 bits per heavy atom. The molecule has 0 bridgehead atoms. The molecule has 2 aromatic heterocycles. The summed E-state index contributed by atoms with van der Waals surface area (Å²) in [5.74, 6) is -0.537. The number of nitrogens with zero attached hydrogens (tertiary/aromatic N) is 2. The molecular weight excluding hydrogens is 238 g/mol. The third-order valence-corrected chi connectivity index (χ3v) is 2.93. The fourth-order valence-electron chi connectivity index (χ4n) is 2.05. The van der Waals surface area contributed by atoms with Crippen molar-refractivity contribution in [2.24, 2.45) is 5.73 Å². The van der Waals surface area contributed by atoms with Gasteiger partial charge in [0.25, 0.3) is 5.91 Å². The van der Waals surface area contributed by atoms with E-state index in [4.69, 9.17) is 5.73 Å². The zero-order valence-corrected chi connectivity index (χ0v) is 10.1. The fourth-order valence-corrected chi connectivity index (χ4v) is 2.05. The third kappa shape index (κ3) is 2.04. The van der Waals surface area contributed by atoms with Gasteiger partial charge in [-0.1, -0.05) is 24.3 Å². The number of benzene rings is 1. The minimum Gasteiger partial charge on any atom is -0.364 e. The maximum Gasteiger partial charge on any atom is 0.267 e. The Bertz CT molecular complexity index is 754. The van der Waals surface area contributed by atoms with Crippen molar-refractivity contribution in [1.82, 2.24) is 9.97 Å². The van der Waals surface area contributed by atoms with E-state index in [2.05, 4.69) is 9.97 Å². The zero-order valence-electron chi connectivity index (χ0n) is 10.1. The van der Waals surface area contributed by atoms with Crippen LogP contribution in [0.3, 0.4) is 0 Å². The minimum atomic E-state index is -0.537. The first-order valence-corrected chi connectivity index (χ1v) is 5.86. The van der Waals surface area contributed by atoms with Crippen LogP contribution in [-0.4, -0.2) is 15.9 Å². The van der Waals surface area contributed by atoms with Gasteiger partial charge in [-0.15, -0.1) is 0 Å². The smallest absolute Gasteiger partial charge is 0.267 e. The number of carbonyl (C=O) groups excluding carboxylic acids is 1. The lowest BCUT2D eigenvalue weighted by Crippen LogP contribution is -2.14. The van der Waals surface area contributed by atoms with Crippen LogP contribution in [0.2, 0.25) is 0 Å². The molecule has 0 radical (unpaired) electrons. The van der Waals surface area contributed by atoms with E-state index in [1.54, 1.807) is 12.4 Å². The molecular formula is C15H11N3O. The van der Waals surface area contributed by atoms with E-state index in [0.717, 1.165) is 16.5 Å². The maximum atomic E-state index is 11.6. The van der Waals surface area contributed by atoms with Gasteiger partial charge in [-0.05, 0) is 18.2 Å². The monoisotopic (exact) mass is 249 g/mol. The molecule has 3 aromatic rings. The summed E-state index contributed by atoms with van der Waals surface area (Å²) in [6, 6.07) is 13.2. The number of nitrogens with two attached hydrogens (primary N) is 1. The zero-order chi connectivity index (χ0) is 13.2. The highest BCUT2D eigenvalue weighted by molar-refractivity contribution is 6.01. The maximum absolute atomic E-state index is 11.6. The molecule has 0 saturated carbocycles. The Balaban J connectivity index is 2.33.